The Morgan fingerprint density at radius 3 is 2.54 bits per heavy atom. The van der Waals surface area contributed by atoms with Crippen molar-refractivity contribution in [1.29, 1.82) is 0 Å². The number of amides is 4. The first kappa shape index (κ1) is 23.7. The minimum absolute atomic E-state index is 0.101. The predicted molar refractivity (Wildman–Crippen MR) is 124 cm³/mol. The quantitative estimate of drug-likeness (QED) is 0.579. The van der Waals surface area contributed by atoms with E-state index in [0.717, 1.165) is 11.3 Å². The van der Waals surface area contributed by atoms with Gasteiger partial charge in [-0.15, -0.1) is 0 Å². The molecule has 2 aromatic rings. The van der Waals surface area contributed by atoms with Crippen LogP contribution in [0.4, 0.5) is 10.5 Å². The molecule has 0 spiro atoms. The van der Waals surface area contributed by atoms with E-state index in [1.807, 2.05) is 30.3 Å². The molecule has 11 heteroatoms. The van der Waals surface area contributed by atoms with E-state index in [-0.39, 0.29) is 18.7 Å². The van der Waals surface area contributed by atoms with Crippen molar-refractivity contribution in [3.05, 3.63) is 54.1 Å². The molecule has 2 aliphatic rings. The monoisotopic (exact) mass is 480 g/mol. The summed E-state index contributed by atoms with van der Waals surface area (Å²) in [4.78, 5) is 48.2. The van der Waals surface area contributed by atoms with Gasteiger partial charge in [0.15, 0.2) is 18.1 Å². The summed E-state index contributed by atoms with van der Waals surface area (Å²) >= 11 is 0. The van der Waals surface area contributed by atoms with E-state index in [9.17, 15) is 19.2 Å². The maximum atomic E-state index is 12.3. The number of nitrogens with one attached hydrogen (secondary N) is 2. The Labute approximate surface area is 201 Å². The van der Waals surface area contributed by atoms with E-state index in [1.165, 1.54) is 5.01 Å². The van der Waals surface area contributed by atoms with Gasteiger partial charge in [-0.1, -0.05) is 30.3 Å². The van der Waals surface area contributed by atoms with Crippen LogP contribution in [-0.2, 0) is 19.1 Å². The molecule has 0 aromatic heterocycles. The standard InChI is InChI=1S/C24H24N4O7/c29-21(26-24(32)25-17-6-7-19-20(14-17)34-13-12-33-19)15-35-23(31)9-8-22(30)28-11-10-18(27-28)16-4-2-1-3-5-16/h1-7,14H,8-13,15H2,(H2,25,26,29,32). The van der Waals surface area contributed by atoms with Crippen molar-refractivity contribution in [2.24, 2.45) is 5.10 Å². The second-order valence-corrected chi connectivity index (χ2v) is 7.70. The lowest BCUT2D eigenvalue weighted by Gasteiger charge is -2.19. The van der Waals surface area contributed by atoms with Crippen molar-refractivity contribution < 1.29 is 33.4 Å². The van der Waals surface area contributed by atoms with E-state index in [1.54, 1.807) is 18.2 Å². The third kappa shape index (κ3) is 6.56. The largest absolute Gasteiger partial charge is 0.486 e. The van der Waals surface area contributed by atoms with Gasteiger partial charge < -0.3 is 19.5 Å². The topological polar surface area (TPSA) is 136 Å². The van der Waals surface area contributed by atoms with E-state index in [2.05, 4.69) is 15.7 Å². The minimum atomic E-state index is -0.809. The third-order valence-corrected chi connectivity index (χ3v) is 5.16. The normalized spacial score (nSPS) is 14.1. The Balaban J connectivity index is 1.15. The fraction of sp³-hybridized carbons (Fsp3) is 0.292. The lowest BCUT2D eigenvalue weighted by molar-refractivity contribution is -0.149. The van der Waals surface area contributed by atoms with Crippen molar-refractivity contribution >= 4 is 35.2 Å². The van der Waals surface area contributed by atoms with Crippen LogP contribution in [0.15, 0.2) is 53.6 Å². The molecule has 2 aromatic carbocycles. The van der Waals surface area contributed by atoms with Crippen molar-refractivity contribution in [2.75, 3.05) is 31.7 Å². The maximum absolute atomic E-state index is 12.3. The van der Waals surface area contributed by atoms with Gasteiger partial charge >= 0.3 is 12.0 Å². The minimum Gasteiger partial charge on any atom is -0.486 e. The average molecular weight is 480 g/mol. The van der Waals surface area contributed by atoms with Gasteiger partial charge in [-0.05, 0) is 17.7 Å². The third-order valence-electron chi connectivity index (χ3n) is 5.16. The van der Waals surface area contributed by atoms with Crippen LogP contribution in [-0.4, -0.2) is 60.9 Å². The molecule has 0 bridgehead atoms. The number of hydrogen-bond acceptors (Lipinski definition) is 8. The number of rotatable bonds is 7. The molecule has 0 unspecified atom stereocenters. The van der Waals surface area contributed by atoms with Crippen LogP contribution < -0.4 is 20.1 Å². The van der Waals surface area contributed by atoms with Gasteiger partial charge in [0.25, 0.3) is 5.91 Å². The van der Waals surface area contributed by atoms with Gasteiger partial charge in [-0.2, -0.15) is 5.10 Å². The fourth-order valence-corrected chi connectivity index (χ4v) is 3.47. The zero-order chi connectivity index (χ0) is 24.6. The average Bonchev–Trinajstić information content (AvgIpc) is 3.37. The molecule has 11 nitrogen and oxygen atoms in total. The number of hydrogen-bond donors (Lipinski definition) is 2. The Morgan fingerprint density at radius 2 is 1.74 bits per heavy atom. The summed E-state index contributed by atoms with van der Waals surface area (Å²) in [6, 6.07) is 13.6. The predicted octanol–water partition coefficient (Wildman–Crippen LogP) is 2.07. The van der Waals surface area contributed by atoms with E-state index >= 15 is 0 Å². The summed E-state index contributed by atoms with van der Waals surface area (Å²) in [7, 11) is 0. The molecular weight excluding hydrogens is 456 g/mol. The van der Waals surface area contributed by atoms with Gasteiger partial charge in [0, 0.05) is 24.6 Å². The first-order valence-corrected chi connectivity index (χ1v) is 11.1. The van der Waals surface area contributed by atoms with Crippen LogP contribution in [0, 0.1) is 0 Å². The van der Waals surface area contributed by atoms with Crippen molar-refractivity contribution in [3.63, 3.8) is 0 Å². The zero-order valence-electron chi connectivity index (χ0n) is 18.8. The van der Waals surface area contributed by atoms with Gasteiger partial charge in [0.1, 0.15) is 13.2 Å². The summed E-state index contributed by atoms with van der Waals surface area (Å²) in [5.41, 5.74) is 2.16. The highest BCUT2D eigenvalue weighted by atomic mass is 16.6. The summed E-state index contributed by atoms with van der Waals surface area (Å²) in [5, 5.41) is 10.2. The summed E-state index contributed by atoms with van der Waals surface area (Å²) in [5.74, 6) is -0.795. The number of nitrogens with zero attached hydrogens (tertiary/aromatic N) is 2. The number of hydrazone groups is 1. The summed E-state index contributed by atoms with van der Waals surface area (Å²) in [6.45, 7) is 0.641. The second kappa shape index (κ2) is 11.1. The highest BCUT2D eigenvalue weighted by Crippen LogP contribution is 2.32. The number of esters is 1. The van der Waals surface area contributed by atoms with Crippen LogP contribution in [0.25, 0.3) is 0 Å². The number of fused-ring (bicyclic) bond motifs is 1. The highest BCUT2D eigenvalue weighted by molar-refractivity contribution is 6.03. The molecule has 0 radical (unpaired) electrons. The molecule has 2 N–H and O–H groups in total. The Morgan fingerprint density at radius 1 is 0.971 bits per heavy atom. The first-order chi connectivity index (χ1) is 17.0. The van der Waals surface area contributed by atoms with Crippen LogP contribution in [0.3, 0.4) is 0 Å². The molecule has 0 aliphatic carbocycles. The lowest BCUT2D eigenvalue weighted by Crippen LogP contribution is -2.37. The number of anilines is 1. The zero-order valence-corrected chi connectivity index (χ0v) is 18.8. The van der Waals surface area contributed by atoms with Gasteiger partial charge in [0.05, 0.1) is 18.7 Å². The Bertz CT molecular complexity index is 1150. The number of ether oxygens (including phenoxy) is 3. The smallest absolute Gasteiger partial charge is 0.325 e. The maximum Gasteiger partial charge on any atom is 0.325 e. The van der Waals surface area contributed by atoms with Crippen LogP contribution >= 0.6 is 0 Å². The SMILES string of the molecule is O=C(COC(=O)CCC(=O)N1CCC(c2ccccc2)=N1)NC(=O)Nc1ccc2c(c1)OCCO2. The van der Waals surface area contributed by atoms with E-state index in [4.69, 9.17) is 14.2 Å². The molecular formula is C24H24N4O7. The molecule has 35 heavy (non-hydrogen) atoms. The number of carbonyl (C=O) groups is 4. The summed E-state index contributed by atoms with van der Waals surface area (Å²) < 4.78 is 15.7. The molecule has 0 fully saturated rings. The van der Waals surface area contributed by atoms with Crippen molar-refractivity contribution in [2.45, 2.75) is 19.3 Å². The van der Waals surface area contributed by atoms with Crippen molar-refractivity contribution in [3.8, 4) is 11.5 Å². The molecule has 4 amide bonds. The van der Waals surface area contributed by atoms with Gasteiger partial charge in [-0.25, -0.2) is 9.80 Å². The molecule has 0 saturated heterocycles. The Kier molecular flexibility index (Phi) is 7.56. The highest BCUT2D eigenvalue weighted by Gasteiger charge is 2.22. The molecule has 182 valence electrons. The summed E-state index contributed by atoms with van der Waals surface area (Å²) in [6.07, 6.45) is 0.327. The fourth-order valence-electron chi connectivity index (χ4n) is 3.47. The van der Waals surface area contributed by atoms with Crippen LogP contribution in [0.1, 0.15) is 24.8 Å². The Hall–Kier alpha value is -4.41. The van der Waals surface area contributed by atoms with Gasteiger partial charge in [0.2, 0.25) is 5.91 Å². The van der Waals surface area contributed by atoms with E-state index < -0.39 is 24.5 Å². The van der Waals surface area contributed by atoms with E-state index in [0.29, 0.717) is 43.4 Å². The molecule has 4 rings (SSSR count). The molecule has 2 heterocycles. The van der Waals surface area contributed by atoms with Crippen LogP contribution in [0.5, 0.6) is 11.5 Å². The molecule has 0 atom stereocenters. The number of carbonyl (C=O) groups excluding carboxylic acids is 4. The number of imide groups is 1. The number of urea groups is 1. The second-order valence-electron chi connectivity index (χ2n) is 7.70. The van der Waals surface area contributed by atoms with Crippen molar-refractivity contribution in [1.82, 2.24) is 10.3 Å². The molecule has 2 aliphatic heterocycles. The number of benzene rings is 2. The van der Waals surface area contributed by atoms with Gasteiger partial charge in [-0.3, -0.25) is 19.7 Å². The molecule has 0 saturated carbocycles. The van der Waals surface area contributed by atoms with Crippen LogP contribution in [0.2, 0.25) is 0 Å². The lowest BCUT2D eigenvalue weighted by atomic mass is 10.1. The first-order valence-electron chi connectivity index (χ1n) is 11.1.